The van der Waals surface area contributed by atoms with Crippen molar-refractivity contribution in [2.45, 2.75) is 0 Å². The van der Waals surface area contributed by atoms with Crippen molar-refractivity contribution in [2.24, 2.45) is 0 Å². The third-order valence-electron chi connectivity index (χ3n) is 0.822. The van der Waals surface area contributed by atoms with Gasteiger partial charge in [-0.2, -0.15) is 4.57 Å². The number of rotatable bonds is 0. The summed E-state index contributed by atoms with van der Waals surface area (Å²) in [6.45, 7) is 0. The second kappa shape index (κ2) is 2.14. The summed E-state index contributed by atoms with van der Waals surface area (Å²) in [4.78, 5) is 0. The molecule has 0 aromatic carbocycles. The van der Waals surface area contributed by atoms with Gasteiger partial charge in [-0.3, -0.25) is 0 Å². The van der Waals surface area contributed by atoms with Gasteiger partial charge in [0.15, 0.2) is 12.4 Å². The molecule has 1 radical (unpaired) electrons. The zero-order chi connectivity index (χ0) is 5.98. The van der Waals surface area contributed by atoms with Gasteiger partial charge in [0.2, 0.25) is 7.05 Å². The Morgan fingerprint density at radius 2 is 2.38 bits per heavy atom. The highest BCUT2D eigenvalue weighted by Crippen LogP contribution is 2.00. The molecule has 0 aliphatic rings. The SMILES string of the molecule is [CH2][n+]1cccc(Cl)c1. The van der Waals surface area contributed by atoms with Crippen LogP contribution in [0.2, 0.25) is 5.02 Å². The Morgan fingerprint density at radius 1 is 1.62 bits per heavy atom. The topological polar surface area (TPSA) is 3.88 Å². The Morgan fingerprint density at radius 3 is 2.75 bits per heavy atom. The van der Waals surface area contributed by atoms with Gasteiger partial charge in [0.05, 0.1) is 0 Å². The first-order valence-corrected chi connectivity index (χ1v) is 2.64. The van der Waals surface area contributed by atoms with Gasteiger partial charge in [-0.05, 0) is 6.07 Å². The van der Waals surface area contributed by atoms with E-state index in [1.807, 2.05) is 18.3 Å². The van der Waals surface area contributed by atoms with Crippen molar-refractivity contribution in [1.29, 1.82) is 0 Å². The Bertz CT molecular complexity index is 168. The van der Waals surface area contributed by atoms with Crippen molar-refractivity contribution < 1.29 is 4.57 Å². The van der Waals surface area contributed by atoms with Crippen molar-refractivity contribution in [3.63, 3.8) is 0 Å². The summed E-state index contributed by atoms with van der Waals surface area (Å²) in [6.07, 6.45) is 3.56. The summed E-state index contributed by atoms with van der Waals surface area (Å²) in [6, 6.07) is 3.65. The van der Waals surface area contributed by atoms with E-state index < -0.39 is 0 Å². The highest BCUT2D eigenvalue weighted by Gasteiger charge is 1.90. The van der Waals surface area contributed by atoms with E-state index in [0.29, 0.717) is 5.02 Å². The van der Waals surface area contributed by atoms with Crippen LogP contribution in [-0.4, -0.2) is 0 Å². The number of pyridine rings is 1. The molecule has 8 heavy (non-hydrogen) atoms. The predicted octanol–water partition coefficient (Wildman–Crippen LogP) is 1.27. The van der Waals surface area contributed by atoms with E-state index in [9.17, 15) is 0 Å². The first kappa shape index (κ1) is 5.57. The van der Waals surface area contributed by atoms with E-state index in [0.717, 1.165) is 0 Å². The molecule has 0 N–H and O–H groups in total. The lowest BCUT2D eigenvalue weighted by molar-refractivity contribution is -0.612. The molecule has 1 aromatic heterocycles. The molecule has 0 aliphatic heterocycles. The molecule has 0 atom stereocenters. The standard InChI is InChI=1S/C6H6ClN/c1-8-4-2-3-6(7)5-8/h2-5H,1H2/q+1. The quantitative estimate of drug-likeness (QED) is 0.462. The molecule has 0 saturated carbocycles. The highest BCUT2D eigenvalue weighted by atomic mass is 35.5. The van der Waals surface area contributed by atoms with Gasteiger partial charge in [0, 0.05) is 6.07 Å². The molecule has 0 spiro atoms. The molecular weight excluding hydrogens is 122 g/mol. The highest BCUT2D eigenvalue weighted by molar-refractivity contribution is 6.30. The number of halogens is 1. The molecule has 0 amide bonds. The molecule has 0 saturated heterocycles. The van der Waals surface area contributed by atoms with Crippen molar-refractivity contribution in [2.75, 3.05) is 0 Å². The monoisotopic (exact) mass is 127 g/mol. The van der Waals surface area contributed by atoms with Crippen LogP contribution in [0.4, 0.5) is 0 Å². The van der Waals surface area contributed by atoms with Gasteiger partial charge in [-0.25, -0.2) is 0 Å². The minimum atomic E-state index is 0.711. The minimum absolute atomic E-state index is 0.711. The molecule has 0 aliphatic carbocycles. The van der Waals surface area contributed by atoms with E-state index >= 15 is 0 Å². The van der Waals surface area contributed by atoms with Crippen LogP contribution >= 0.6 is 11.6 Å². The van der Waals surface area contributed by atoms with Gasteiger partial charge < -0.3 is 0 Å². The molecule has 1 heterocycles. The lowest BCUT2D eigenvalue weighted by Crippen LogP contribution is -2.22. The van der Waals surface area contributed by atoms with Crippen LogP contribution in [0, 0.1) is 7.05 Å². The molecule has 1 rings (SSSR count). The molecule has 2 heteroatoms. The minimum Gasteiger partial charge on any atom is -0.197 e. The van der Waals surface area contributed by atoms with E-state index in [2.05, 4.69) is 7.05 Å². The van der Waals surface area contributed by atoms with Gasteiger partial charge in [-0.1, -0.05) is 11.6 Å². The Hall–Kier alpha value is -0.560. The Labute approximate surface area is 53.5 Å². The fraction of sp³-hybridized carbons (Fsp3) is 0. The molecule has 0 bridgehead atoms. The number of hydrogen-bond donors (Lipinski definition) is 0. The fourth-order valence-corrected chi connectivity index (χ4v) is 0.688. The van der Waals surface area contributed by atoms with Crippen LogP contribution in [-0.2, 0) is 0 Å². The number of nitrogens with zero attached hydrogens (tertiary/aromatic N) is 1. The van der Waals surface area contributed by atoms with Crippen LogP contribution in [0.25, 0.3) is 0 Å². The summed E-state index contributed by atoms with van der Waals surface area (Å²) in [5.41, 5.74) is 0. The normalized spacial score (nSPS) is 9.25. The summed E-state index contributed by atoms with van der Waals surface area (Å²) in [7, 11) is 3.61. The van der Waals surface area contributed by atoms with Crippen LogP contribution in [0.15, 0.2) is 24.5 Å². The third-order valence-corrected chi connectivity index (χ3v) is 1.05. The van der Waals surface area contributed by atoms with E-state index in [4.69, 9.17) is 11.6 Å². The molecule has 1 aromatic rings. The Balaban J connectivity index is 3.08. The molecule has 1 nitrogen and oxygen atoms in total. The summed E-state index contributed by atoms with van der Waals surface area (Å²) in [5.74, 6) is 0. The van der Waals surface area contributed by atoms with Crippen LogP contribution in [0.3, 0.4) is 0 Å². The summed E-state index contributed by atoms with van der Waals surface area (Å²) >= 11 is 5.58. The lowest BCUT2D eigenvalue weighted by atomic mass is 10.5. The van der Waals surface area contributed by atoms with E-state index in [1.54, 1.807) is 10.8 Å². The van der Waals surface area contributed by atoms with E-state index in [-0.39, 0.29) is 0 Å². The maximum Gasteiger partial charge on any atom is 0.206 e. The second-order valence-corrected chi connectivity index (χ2v) is 1.97. The summed E-state index contributed by atoms with van der Waals surface area (Å²) < 4.78 is 1.66. The zero-order valence-electron chi connectivity index (χ0n) is 4.34. The average Bonchev–Trinajstić information content (AvgIpc) is 1.64. The van der Waals surface area contributed by atoms with Crippen molar-refractivity contribution in [1.82, 2.24) is 0 Å². The van der Waals surface area contributed by atoms with Gasteiger partial charge in [-0.15, -0.1) is 0 Å². The van der Waals surface area contributed by atoms with Crippen LogP contribution in [0.1, 0.15) is 0 Å². The zero-order valence-corrected chi connectivity index (χ0v) is 5.10. The smallest absolute Gasteiger partial charge is 0.197 e. The maximum atomic E-state index is 5.58. The molecule has 0 unspecified atom stereocenters. The molecule has 0 fully saturated rings. The fourth-order valence-electron chi connectivity index (χ4n) is 0.490. The Kier molecular flexibility index (Phi) is 1.49. The summed E-state index contributed by atoms with van der Waals surface area (Å²) in [5, 5.41) is 0.711. The first-order valence-electron chi connectivity index (χ1n) is 2.27. The number of aromatic nitrogens is 1. The largest absolute Gasteiger partial charge is 0.206 e. The average molecular weight is 128 g/mol. The van der Waals surface area contributed by atoms with Crippen LogP contribution < -0.4 is 4.57 Å². The van der Waals surface area contributed by atoms with Gasteiger partial charge >= 0.3 is 0 Å². The second-order valence-electron chi connectivity index (χ2n) is 1.54. The van der Waals surface area contributed by atoms with Crippen molar-refractivity contribution in [3.8, 4) is 0 Å². The first-order chi connectivity index (χ1) is 3.79. The van der Waals surface area contributed by atoms with E-state index in [1.165, 1.54) is 0 Å². The predicted molar refractivity (Wildman–Crippen MR) is 32.4 cm³/mol. The lowest BCUT2D eigenvalue weighted by Gasteiger charge is -1.82. The molecular formula is C6H6ClN+. The molecule has 41 valence electrons. The maximum absolute atomic E-state index is 5.58. The number of hydrogen-bond acceptors (Lipinski definition) is 0. The van der Waals surface area contributed by atoms with Crippen LogP contribution in [0.5, 0.6) is 0 Å². The van der Waals surface area contributed by atoms with Gasteiger partial charge in [0.1, 0.15) is 5.02 Å². The van der Waals surface area contributed by atoms with Gasteiger partial charge in [0.25, 0.3) is 0 Å². The third kappa shape index (κ3) is 1.20. The van der Waals surface area contributed by atoms with Crippen molar-refractivity contribution in [3.05, 3.63) is 36.6 Å². The van der Waals surface area contributed by atoms with Crippen molar-refractivity contribution >= 4 is 11.6 Å².